The molecule has 4 heteroatoms. The molecular weight excluding hydrogens is 168 g/mol. The van der Waals surface area contributed by atoms with Gasteiger partial charge in [0.1, 0.15) is 6.04 Å². The van der Waals surface area contributed by atoms with E-state index >= 15 is 0 Å². The molecule has 13 heavy (non-hydrogen) atoms. The van der Waals surface area contributed by atoms with E-state index in [0.717, 1.165) is 26.2 Å². The summed E-state index contributed by atoms with van der Waals surface area (Å²) in [5.74, 6) is -0.135. The first-order chi connectivity index (χ1) is 6.15. The van der Waals surface area contributed by atoms with Crippen LogP contribution in [0.1, 0.15) is 6.92 Å². The molecule has 1 aliphatic heterocycles. The maximum Gasteiger partial charge on any atom is 0.322 e. The minimum absolute atomic E-state index is 0.0984. The summed E-state index contributed by atoms with van der Waals surface area (Å²) in [4.78, 5) is 15.6. The van der Waals surface area contributed by atoms with E-state index in [1.165, 1.54) is 7.11 Å². The number of esters is 1. The van der Waals surface area contributed by atoms with Gasteiger partial charge in [0, 0.05) is 26.2 Å². The molecule has 0 aromatic heterocycles. The van der Waals surface area contributed by atoms with Crippen molar-refractivity contribution in [2.24, 2.45) is 0 Å². The molecule has 0 amide bonds. The van der Waals surface area contributed by atoms with Gasteiger partial charge in [-0.05, 0) is 14.0 Å². The van der Waals surface area contributed by atoms with Gasteiger partial charge in [0.25, 0.3) is 0 Å². The number of carbonyl (C=O) groups is 1. The van der Waals surface area contributed by atoms with Gasteiger partial charge in [0.05, 0.1) is 7.11 Å². The summed E-state index contributed by atoms with van der Waals surface area (Å²) in [5, 5.41) is 0. The van der Waals surface area contributed by atoms with Gasteiger partial charge in [-0.1, -0.05) is 0 Å². The van der Waals surface area contributed by atoms with Crippen molar-refractivity contribution in [1.29, 1.82) is 0 Å². The predicted octanol–water partition coefficient (Wildman–Crippen LogP) is -0.205. The number of hydrogen-bond acceptors (Lipinski definition) is 4. The first-order valence-corrected chi connectivity index (χ1v) is 4.65. The fraction of sp³-hybridized carbons (Fsp3) is 0.889. The zero-order chi connectivity index (χ0) is 9.84. The minimum Gasteiger partial charge on any atom is -0.468 e. The van der Waals surface area contributed by atoms with Crippen molar-refractivity contribution in [3.63, 3.8) is 0 Å². The number of carbonyl (C=O) groups excluding carboxylic acids is 1. The summed E-state index contributed by atoms with van der Waals surface area (Å²) in [5.41, 5.74) is 0. The molecule has 0 radical (unpaired) electrons. The third-order valence-electron chi connectivity index (χ3n) is 2.63. The van der Waals surface area contributed by atoms with Crippen molar-refractivity contribution in [2.45, 2.75) is 13.0 Å². The summed E-state index contributed by atoms with van der Waals surface area (Å²) in [6.07, 6.45) is 0. The molecule has 76 valence electrons. The van der Waals surface area contributed by atoms with Crippen molar-refractivity contribution >= 4 is 5.97 Å². The second-order valence-electron chi connectivity index (χ2n) is 3.54. The number of nitrogens with zero attached hydrogens (tertiary/aromatic N) is 2. The maximum absolute atomic E-state index is 11.2. The lowest BCUT2D eigenvalue weighted by Gasteiger charge is -2.35. The lowest BCUT2D eigenvalue weighted by atomic mass is 10.2. The molecule has 0 bridgehead atoms. The molecule has 1 fully saturated rings. The SMILES string of the molecule is COC(=O)C(C)N1CCN(C)CC1. The summed E-state index contributed by atoms with van der Waals surface area (Å²) < 4.78 is 4.70. The Hall–Kier alpha value is -0.610. The van der Waals surface area contributed by atoms with Gasteiger partial charge >= 0.3 is 5.97 Å². The van der Waals surface area contributed by atoms with Crippen LogP contribution in [0.2, 0.25) is 0 Å². The largest absolute Gasteiger partial charge is 0.468 e. The van der Waals surface area contributed by atoms with Crippen LogP contribution in [0.25, 0.3) is 0 Å². The van der Waals surface area contributed by atoms with Gasteiger partial charge in [0.2, 0.25) is 0 Å². The number of likely N-dealkylation sites (N-methyl/N-ethyl adjacent to an activating group) is 1. The summed E-state index contributed by atoms with van der Waals surface area (Å²) in [7, 11) is 3.54. The van der Waals surface area contributed by atoms with Crippen molar-refractivity contribution in [3.8, 4) is 0 Å². The Kier molecular flexibility index (Phi) is 3.69. The molecule has 0 aliphatic carbocycles. The van der Waals surface area contributed by atoms with Gasteiger partial charge < -0.3 is 9.64 Å². The Balaban J connectivity index is 2.39. The average Bonchev–Trinajstić information content (AvgIpc) is 2.17. The van der Waals surface area contributed by atoms with E-state index in [1.54, 1.807) is 0 Å². The van der Waals surface area contributed by atoms with Crippen LogP contribution in [-0.2, 0) is 9.53 Å². The predicted molar refractivity (Wildman–Crippen MR) is 50.5 cm³/mol. The smallest absolute Gasteiger partial charge is 0.322 e. The van der Waals surface area contributed by atoms with Crippen LogP contribution < -0.4 is 0 Å². The Morgan fingerprint density at radius 2 is 1.85 bits per heavy atom. The Labute approximate surface area is 79.4 Å². The van der Waals surface area contributed by atoms with E-state index in [4.69, 9.17) is 4.74 Å². The van der Waals surface area contributed by atoms with Crippen LogP contribution in [0.5, 0.6) is 0 Å². The van der Waals surface area contributed by atoms with Crippen molar-refractivity contribution < 1.29 is 9.53 Å². The fourth-order valence-electron chi connectivity index (χ4n) is 1.53. The van der Waals surface area contributed by atoms with Crippen LogP contribution in [0.3, 0.4) is 0 Å². The molecule has 1 rings (SSSR count). The van der Waals surface area contributed by atoms with Crippen molar-refractivity contribution in [3.05, 3.63) is 0 Å². The molecule has 0 saturated carbocycles. The summed E-state index contributed by atoms with van der Waals surface area (Å²) >= 11 is 0. The Morgan fingerprint density at radius 3 is 2.31 bits per heavy atom. The van der Waals surface area contributed by atoms with Crippen LogP contribution in [0.15, 0.2) is 0 Å². The van der Waals surface area contributed by atoms with Gasteiger partial charge in [-0.2, -0.15) is 0 Å². The normalized spacial score (nSPS) is 22.7. The number of ether oxygens (including phenoxy) is 1. The third-order valence-corrected chi connectivity index (χ3v) is 2.63. The van der Waals surface area contributed by atoms with E-state index in [0.29, 0.717) is 0 Å². The fourth-order valence-corrected chi connectivity index (χ4v) is 1.53. The highest BCUT2D eigenvalue weighted by Gasteiger charge is 2.24. The molecule has 1 aliphatic rings. The van der Waals surface area contributed by atoms with Crippen molar-refractivity contribution in [1.82, 2.24) is 9.80 Å². The lowest BCUT2D eigenvalue weighted by molar-refractivity contribution is -0.146. The number of piperazine rings is 1. The Morgan fingerprint density at radius 1 is 1.31 bits per heavy atom. The minimum atomic E-state index is -0.135. The topological polar surface area (TPSA) is 32.8 Å². The Bertz CT molecular complexity index is 176. The first-order valence-electron chi connectivity index (χ1n) is 4.65. The van der Waals surface area contributed by atoms with Gasteiger partial charge in [-0.3, -0.25) is 9.69 Å². The van der Waals surface area contributed by atoms with E-state index in [9.17, 15) is 4.79 Å². The van der Waals surface area contributed by atoms with E-state index in [-0.39, 0.29) is 12.0 Å². The highest BCUT2D eigenvalue weighted by atomic mass is 16.5. The average molecular weight is 186 g/mol. The van der Waals surface area contributed by atoms with Crippen molar-refractivity contribution in [2.75, 3.05) is 40.3 Å². The molecule has 0 N–H and O–H groups in total. The highest BCUT2D eigenvalue weighted by Crippen LogP contribution is 2.05. The highest BCUT2D eigenvalue weighted by molar-refractivity contribution is 5.75. The van der Waals surface area contributed by atoms with Crippen LogP contribution in [-0.4, -0.2) is 62.1 Å². The molecule has 1 saturated heterocycles. The second-order valence-corrected chi connectivity index (χ2v) is 3.54. The van der Waals surface area contributed by atoms with Crippen LogP contribution in [0, 0.1) is 0 Å². The zero-order valence-corrected chi connectivity index (χ0v) is 8.62. The number of rotatable bonds is 2. The van der Waals surface area contributed by atoms with Crippen LogP contribution >= 0.6 is 0 Å². The maximum atomic E-state index is 11.2. The summed E-state index contributed by atoms with van der Waals surface area (Å²) in [6, 6.07) is -0.0984. The molecule has 0 aromatic carbocycles. The lowest BCUT2D eigenvalue weighted by Crippen LogP contribution is -2.50. The molecule has 0 aromatic rings. The standard InChI is InChI=1S/C9H18N2O2/c1-8(9(12)13-3)11-6-4-10(2)5-7-11/h8H,4-7H2,1-3H3. The summed E-state index contributed by atoms with van der Waals surface area (Å²) in [6.45, 7) is 5.86. The molecule has 1 unspecified atom stereocenters. The molecule has 0 spiro atoms. The van der Waals surface area contributed by atoms with Gasteiger partial charge in [-0.25, -0.2) is 0 Å². The second kappa shape index (κ2) is 4.58. The molecule has 1 heterocycles. The number of hydrogen-bond donors (Lipinski definition) is 0. The monoisotopic (exact) mass is 186 g/mol. The molecule has 1 atom stereocenters. The molecular formula is C9H18N2O2. The number of methoxy groups -OCH3 is 1. The van der Waals surface area contributed by atoms with Gasteiger partial charge in [0.15, 0.2) is 0 Å². The van der Waals surface area contributed by atoms with Gasteiger partial charge in [-0.15, -0.1) is 0 Å². The van der Waals surface area contributed by atoms with E-state index < -0.39 is 0 Å². The first kappa shape index (κ1) is 10.5. The van der Waals surface area contributed by atoms with E-state index in [1.807, 2.05) is 6.92 Å². The van der Waals surface area contributed by atoms with Crippen LogP contribution in [0.4, 0.5) is 0 Å². The van der Waals surface area contributed by atoms with E-state index in [2.05, 4.69) is 16.8 Å². The quantitative estimate of drug-likeness (QED) is 0.559. The third kappa shape index (κ3) is 2.67. The molecule has 4 nitrogen and oxygen atoms in total. The zero-order valence-electron chi connectivity index (χ0n) is 8.62.